The van der Waals surface area contributed by atoms with Gasteiger partial charge in [-0.25, -0.2) is 15.0 Å². The lowest BCUT2D eigenvalue weighted by Crippen LogP contribution is -2.53. The van der Waals surface area contributed by atoms with Gasteiger partial charge in [0.25, 0.3) is 5.56 Å². The van der Waals surface area contributed by atoms with Crippen LogP contribution in [0.4, 0.5) is 5.95 Å². The zero-order chi connectivity index (χ0) is 20.6. The monoisotopic (exact) mass is 391 g/mol. The number of hydrogen-bond acceptors (Lipinski definition) is 6. The minimum atomic E-state index is -0.693. The topological polar surface area (TPSA) is 84.1 Å². The van der Waals surface area contributed by atoms with Crippen molar-refractivity contribution in [3.8, 4) is 11.4 Å². The van der Waals surface area contributed by atoms with Gasteiger partial charge in [0.15, 0.2) is 0 Å². The molecule has 150 valence electrons. The number of benzene rings is 1. The van der Waals surface area contributed by atoms with Crippen LogP contribution in [0.1, 0.15) is 37.5 Å². The van der Waals surface area contributed by atoms with E-state index in [-0.39, 0.29) is 11.1 Å². The zero-order valence-corrected chi connectivity index (χ0v) is 16.9. The largest absolute Gasteiger partial charge is 0.387 e. The lowest BCUT2D eigenvalue weighted by Gasteiger charge is -2.45. The molecule has 0 fully saturated rings. The molecule has 7 heteroatoms. The SMILES string of the molecule is Cc1ccc([C@@H](O)CN2c3nc(-c4ccncn4)cc(=O)n3CCC2(C)C)cc1. The smallest absolute Gasteiger partial charge is 0.255 e. The van der Waals surface area contributed by atoms with Gasteiger partial charge in [-0.15, -0.1) is 0 Å². The summed E-state index contributed by atoms with van der Waals surface area (Å²) in [4.78, 5) is 27.8. The highest BCUT2D eigenvalue weighted by Gasteiger charge is 2.36. The number of aliphatic hydroxyl groups excluding tert-OH is 1. The first-order chi connectivity index (χ1) is 13.8. The van der Waals surface area contributed by atoms with Gasteiger partial charge >= 0.3 is 0 Å². The van der Waals surface area contributed by atoms with E-state index in [0.717, 1.165) is 17.5 Å². The molecule has 0 bridgehead atoms. The molecule has 1 aliphatic heterocycles. The molecule has 0 radical (unpaired) electrons. The molecule has 0 saturated carbocycles. The molecule has 1 atom stereocenters. The molecule has 4 rings (SSSR count). The number of fused-ring (bicyclic) bond motifs is 1. The molecule has 0 amide bonds. The van der Waals surface area contributed by atoms with Crippen molar-refractivity contribution in [2.75, 3.05) is 11.4 Å². The van der Waals surface area contributed by atoms with Crippen molar-refractivity contribution in [2.24, 2.45) is 0 Å². The van der Waals surface area contributed by atoms with Crippen LogP contribution in [0.25, 0.3) is 11.4 Å². The van der Waals surface area contributed by atoms with E-state index in [1.54, 1.807) is 16.8 Å². The van der Waals surface area contributed by atoms with Crippen molar-refractivity contribution >= 4 is 5.95 Å². The Bertz CT molecular complexity index is 1060. The van der Waals surface area contributed by atoms with Gasteiger partial charge in [-0.3, -0.25) is 9.36 Å². The highest BCUT2D eigenvalue weighted by molar-refractivity contribution is 5.56. The van der Waals surface area contributed by atoms with Crippen molar-refractivity contribution in [1.82, 2.24) is 19.5 Å². The van der Waals surface area contributed by atoms with Crippen LogP contribution in [-0.2, 0) is 6.54 Å². The third-order valence-electron chi connectivity index (χ3n) is 5.57. The molecule has 3 heterocycles. The van der Waals surface area contributed by atoms with Gasteiger partial charge in [0, 0.05) is 24.3 Å². The summed E-state index contributed by atoms with van der Waals surface area (Å²) in [5.41, 5.74) is 2.73. The molecule has 29 heavy (non-hydrogen) atoms. The number of aliphatic hydroxyl groups is 1. The van der Waals surface area contributed by atoms with Crippen LogP contribution in [0.15, 0.2) is 53.7 Å². The summed E-state index contributed by atoms with van der Waals surface area (Å²) < 4.78 is 1.68. The van der Waals surface area contributed by atoms with Crippen molar-refractivity contribution in [3.05, 3.63) is 70.4 Å². The first kappa shape index (κ1) is 19.3. The van der Waals surface area contributed by atoms with Gasteiger partial charge in [-0.05, 0) is 38.8 Å². The second-order valence-electron chi connectivity index (χ2n) is 8.13. The molecule has 0 spiro atoms. The maximum absolute atomic E-state index is 12.8. The lowest BCUT2D eigenvalue weighted by atomic mass is 9.95. The van der Waals surface area contributed by atoms with Crippen molar-refractivity contribution in [1.29, 1.82) is 0 Å². The number of aryl methyl sites for hydroxylation is 1. The predicted octanol–water partition coefficient (Wildman–Crippen LogP) is 2.73. The Morgan fingerprint density at radius 1 is 1.17 bits per heavy atom. The van der Waals surface area contributed by atoms with Crippen LogP contribution in [-0.4, -0.2) is 36.7 Å². The third kappa shape index (κ3) is 3.78. The highest BCUT2D eigenvalue weighted by Crippen LogP contribution is 2.33. The molecular formula is C22H25N5O2. The molecule has 7 nitrogen and oxygen atoms in total. The summed E-state index contributed by atoms with van der Waals surface area (Å²) in [7, 11) is 0. The van der Waals surface area contributed by atoms with E-state index >= 15 is 0 Å². The van der Waals surface area contributed by atoms with Crippen molar-refractivity contribution in [2.45, 2.75) is 45.4 Å². The quantitative estimate of drug-likeness (QED) is 0.736. The van der Waals surface area contributed by atoms with Crippen LogP contribution < -0.4 is 10.5 Å². The second-order valence-corrected chi connectivity index (χ2v) is 8.13. The van der Waals surface area contributed by atoms with Crippen molar-refractivity contribution in [3.63, 3.8) is 0 Å². The van der Waals surface area contributed by atoms with E-state index in [9.17, 15) is 9.90 Å². The maximum Gasteiger partial charge on any atom is 0.255 e. The number of nitrogens with zero attached hydrogens (tertiary/aromatic N) is 5. The summed E-state index contributed by atoms with van der Waals surface area (Å²) >= 11 is 0. The maximum atomic E-state index is 12.8. The Morgan fingerprint density at radius 2 is 1.93 bits per heavy atom. The van der Waals surface area contributed by atoms with E-state index in [0.29, 0.717) is 30.4 Å². The molecule has 1 aromatic carbocycles. The molecule has 3 aromatic rings. The number of hydrogen-bond donors (Lipinski definition) is 1. The highest BCUT2D eigenvalue weighted by atomic mass is 16.3. The first-order valence-corrected chi connectivity index (χ1v) is 9.76. The molecule has 2 aromatic heterocycles. The number of β-amino-alcohol motifs (C(OH)–C–C–N with tert-alkyl or cyclic N) is 1. The van der Waals surface area contributed by atoms with E-state index in [4.69, 9.17) is 4.98 Å². The van der Waals surface area contributed by atoms with Gasteiger partial charge in [0.1, 0.15) is 6.33 Å². The van der Waals surface area contributed by atoms with Crippen LogP contribution in [0.2, 0.25) is 0 Å². The lowest BCUT2D eigenvalue weighted by molar-refractivity contribution is 0.169. The summed E-state index contributed by atoms with van der Waals surface area (Å²) in [5.74, 6) is 0.563. The van der Waals surface area contributed by atoms with Gasteiger partial charge in [0.2, 0.25) is 5.95 Å². The Hall–Kier alpha value is -3.06. The zero-order valence-electron chi connectivity index (χ0n) is 16.9. The summed E-state index contributed by atoms with van der Waals surface area (Å²) in [6.45, 7) is 7.18. The molecule has 1 aliphatic rings. The fraction of sp³-hybridized carbons (Fsp3) is 0.364. The fourth-order valence-electron chi connectivity index (χ4n) is 3.67. The summed E-state index contributed by atoms with van der Waals surface area (Å²) in [6, 6.07) is 11.1. The first-order valence-electron chi connectivity index (χ1n) is 9.76. The molecule has 0 saturated heterocycles. The van der Waals surface area contributed by atoms with Gasteiger partial charge in [0.05, 0.1) is 24.0 Å². The standard InChI is InChI=1S/C22H25N5O2/c1-15-4-6-16(7-5-15)19(28)13-27-21-25-18(17-8-10-23-14-24-17)12-20(29)26(21)11-9-22(27,2)3/h4-8,10,12,14,19,28H,9,11,13H2,1-3H3/t19-/m0/s1. The molecule has 1 N–H and O–H groups in total. The minimum Gasteiger partial charge on any atom is -0.387 e. The normalized spacial score (nSPS) is 16.3. The average molecular weight is 391 g/mol. The van der Waals surface area contributed by atoms with Crippen molar-refractivity contribution < 1.29 is 5.11 Å². The molecular weight excluding hydrogens is 366 g/mol. The third-order valence-corrected chi connectivity index (χ3v) is 5.57. The van der Waals surface area contributed by atoms with Gasteiger partial charge in [-0.1, -0.05) is 29.8 Å². The summed E-state index contributed by atoms with van der Waals surface area (Å²) in [5, 5.41) is 10.9. The van der Waals surface area contributed by atoms with Gasteiger partial charge < -0.3 is 10.0 Å². The minimum absolute atomic E-state index is 0.117. The van der Waals surface area contributed by atoms with Gasteiger partial charge in [-0.2, -0.15) is 0 Å². The number of aromatic nitrogens is 4. The number of rotatable bonds is 4. The second kappa shape index (κ2) is 7.40. The van der Waals surface area contributed by atoms with E-state index in [1.165, 1.54) is 12.4 Å². The van der Waals surface area contributed by atoms with Crippen LogP contribution in [0.5, 0.6) is 0 Å². The summed E-state index contributed by atoms with van der Waals surface area (Å²) in [6.07, 6.45) is 3.16. The molecule has 0 unspecified atom stereocenters. The molecule has 0 aliphatic carbocycles. The Morgan fingerprint density at radius 3 is 2.62 bits per heavy atom. The average Bonchev–Trinajstić information content (AvgIpc) is 2.71. The van der Waals surface area contributed by atoms with E-state index in [2.05, 4.69) is 23.8 Å². The predicted molar refractivity (Wildman–Crippen MR) is 112 cm³/mol. The fourth-order valence-corrected chi connectivity index (χ4v) is 3.67. The van der Waals surface area contributed by atoms with Crippen LogP contribution >= 0.6 is 0 Å². The Balaban J connectivity index is 1.75. The Labute approximate surface area is 169 Å². The van der Waals surface area contributed by atoms with Crippen LogP contribution in [0.3, 0.4) is 0 Å². The number of anilines is 1. The van der Waals surface area contributed by atoms with E-state index < -0.39 is 6.10 Å². The van der Waals surface area contributed by atoms with E-state index in [1.807, 2.05) is 36.1 Å². The van der Waals surface area contributed by atoms with Crippen LogP contribution in [0, 0.1) is 6.92 Å². The Kier molecular flexibility index (Phi) is 4.92.